The summed E-state index contributed by atoms with van der Waals surface area (Å²) in [6.45, 7) is 0. The number of aliphatic hydroxyl groups excluding tert-OH is 1. The van der Waals surface area contributed by atoms with E-state index >= 15 is 0 Å². The van der Waals surface area contributed by atoms with Crippen LogP contribution in [-0.4, -0.2) is 23.2 Å². The molecule has 16 heavy (non-hydrogen) atoms. The van der Waals surface area contributed by atoms with E-state index in [4.69, 9.17) is 0 Å². The lowest BCUT2D eigenvalue weighted by atomic mass is 9.81. The predicted molar refractivity (Wildman–Crippen MR) is 53.2 cm³/mol. The second-order valence-corrected chi connectivity index (χ2v) is 3.78. The summed E-state index contributed by atoms with van der Waals surface area (Å²) in [4.78, 5) is 15.4. The molecule has 1 aliphatic rings. The number of esters is 1. The molecule has 5 heteroatoms. The highest BCUT2D eigenvalue weighted by Crippen LogP contribution is 2.42. The summed E-state index contributed by atoms with van der Waals surface area (Å²) in [5, 5.41) is 9.67. The summed E-state index contributed by atoms with van der Waals surface area (Å²) < 4.78 is 19.0. The average Bonchev–Trinajstić information content (AvgIpc) is 2.33. The molecule has 0 amide bonds. The number of nitrogens with zero attached hydrogens (tertiary/aromatic N) is 1. The minimum atomic E-state index is -2.18. The number of carbonyl (C=O) groups is 1. The number of carbonyl (C=O) groups excluding carboxylic acids is 1. The van der Waals surface area contributed by atoms with Gasteiger partial charge in [-0.3, -0.25) is 4.98 Å². The zero-order chi connectivity index (χ0) is 11.8. The fourth-order valence-electron chi connectivity index (χ4n) is 2.00. The first-order valence-electron chi connectivity index (χ1n) is 5.00. The predicted octanol–water partition coefficient (Wildman–Crippen LogP) is 1.25. The third-order valence-corrected chi connectivity index (χ3v) is 2.85. The second kappa shape index (κ2) is 3.83. The van der Waals surface area contributed by atoms with Crippen LogP contribution in [0.1, 0.15) is 30.2 Å². The molecule has 0 spiro atoms. The molecule has 1 N–H and O–H groups in total. The molecule has 0 aliphatic heterocycles. The van der Waals surface area contributed by atoms with E-state index in [-0.39, 0.29) is 24.1 Å². The number of hydrogen-bond acceptors (Lipinski definition) is 4. The zero-order valence-corrected chi connectivity index (χ0v) is 8.81. The van der Waals surface area contributed by atoms with Gasteiger partial charge in [0.15, 0.2) is 0 Å². The van der Waals surface area contributed by atoms with E-state index in [1.807, 2.05) is 0 Å². The Morgan fingerprint density at radius 2 is 2.50 bits per heavy atom. The van der Waals surface area contributed by atoms with E-state index in [1.165, 1.54) is 18.3 Å². The van der Waals surface area contributed by atoms with E-state index in [2.05, 4.69) is 9.72 Å². The minimum absolute atomic E-state index is 0.0838. The Morgan fingerprint density at radius 3 is 3.19 bits per heavy atom. The summed E-state index contributed by atoms with van der Waals surface area (Å²) >= 11 is 0. The van der Waals surface area contributed by atoms with Gasteiger partial charge in [-0.15, -0.1) is 0 Å². The van der Waals surface area contributed by atoms with Crippen LogP contribution < -0.4 is 0 Å². The first kappa shape index (κ1) is 11.0. The van der Waals surface area contributed by atoms with Crippen molar-refractivity contribution < 1.29 is 19.0 Å². The second-order valence-electron chi connectivity index (χ2n) is 3.78. The largest absolute Gasteiger partial charge is 0.466 e. The summed E-state index contributed by atoms with van der Waals surface area (Å²) in [6.07, 6.45) is 0.727. The average molecular weight is 225 g/mol. The molecule has 0 saturated carbocycles. The quantitative estimate of drug-likeness (QED) is 0.731. The fraction of sp³-hybridized carbons (Fsp3) is 0.455. The third-order valence-electron chi connectivity index (χ3n) is 2.85. The Kier molecular flexibility index (Phi) is 2.63. The van der Waals surface area contributed by atoms with Gasteiger partial charge in [-0.1, -0.05) is 6.07 Å². The smallest absolute Gasteiger partial charge is 0.348 e. The van der Waals surface area contributed by atoms with Crippen molar-refractivity contribution in [1.82, 2.24) is 4.98 Å². The van der Waals surface area contributed by atoms with E-state index in [1.54, 1.807) is 0 Å². The first-order valence-corrected chi connectivity index (χ1v) is 5.00. The Hall–Kier alpha value is -1.49. The molecular formula is C11H12FNO3. The van der Waals surface area contributed by atoms with Crippen LogP contribution in [0.2, 0.25) is 0 Å². The molecule has 0 saturated heterocycles. The van der Waals surface area contributed by atoms with Crippen molar-refractivity contribution in [1.29, 1.82) is 0 Å². The number of ether oxygens (including phenoxy) is 1. The highest BCUT2D eigenvalue weighted by Gasteiger charge is 2.47. The summed E-state index contributed by atoms with van der Waals surface area (Å²) in [5.74, 6) is -0.936. The molecule has 0 aromatic carbocycles. The van der Waals surface area contributed by atoms with Gasteiger partial charge < -0.3 is 9.84 Å². The molecule has 0 bridgehead atoms. The normalized spacial score (nSPS) is 28.3. The van der Waals surface area contributed by atoms with Gasteiger partial charge in [-0.25, -0.2) is 9.18 Å². The molecular weight excluding hydrogens is 213 g/mol. The van der Waals surface area contributed by atoms with Crippen LogP contribution in [0.5, 0.6) is 0 Å². The van der Waals surface area contributed by atoms with Crippen molar-refractivity contribution in [3.63, 3.8) is 0 Å². The maximum absolute atomic E-state index is 14.5. The molecule has 1 aromatic rings. The van der Waals surface area contributed by atoms with E-state index < -0.39 is 17.7 Å². The lowest BCUT2D eigenvalue weighted by molar-refractivity contribution is -0.157. The van der Waals surface area contributed by atoms with Crippen LogP contribution in [0, 0.1) is 0 Å². The van der Waals surface area contributed by atoms with E-state index in [9.17, 15) is 14.3 Å². The van der Waals surface area contributed by atoms with Gasteiger partial charge in [0.05, 0.1) is 18.9 Å². The van der Waals surface area contributed by atoms with Gasteiger partial charge in [0.25, 0.3) is 0 Å². The molecule has 2 rings (SSSR count). The summed E-state index contributed by atoms with van der Waals surface area (Å²) in [6, 6.07) is 3.00. The van der Waals surface area contributed by atoms with Gasteiger partial charge in [-0.05, 0) is 18.9 Å². The van der Waals surface area contributed by atoms with Crippen molar-refractivity contribution in [3.8, 4) is 0 Å². The van der Waals surface area contributed by atoms with Crippen molar-refractivity contribution >= 4 is 5.97 Å². The number of methoxy groups -OCH3 is 1. The third kappa shape index (κ3) is 1.48. The van der Waals surface area contributed by atoms with Crippen LogP contribution in [0.15, 0.2) is 18.3 Å². The van der Waals surface area contributed by atoms with Crippen molar-refractivity contribution in [2.24, 2.45) is 0 Å². The molecule has 86 valence electrons. The lowest BCUT2D eigenvalue weighted by Gasteiger charge is -2.31. The van der Waals surface area contributed by atoms with Gasteiger partial charge in [0, 0.05) is 11.8 Å². The highest BCUT2D eigenvalue weighted by molar-refractivity contribution is 5.81. The molecule has 0 unspecified atom stereocenters. The van der Waals surface area contributed by atoms with Gasteiger partial charge >= 0.3 is 5.97 Å². The van der Waals surface area contributed by atoms with Crippen LogP contribution in [0.3, 0.4) is 0 Å². The molecule has 1 aromatic heterocycles. The van der Waals surface area contributed by atoms with Gasteiger partial charge in [0.2, 0.25) is 5.67 Å². The number of fused-ring (bicyclic) bond motifs is 1. The van der Waals surface area contributed by atoms with Gasteiger partial charge in [-0.2, -0.15) is 0 Å². The van der Waals surface area contributed by atoms with Crippen molar-refractivity contribution in [2.75, 3.05) is 7.11 Å². The highest BCUT2D eigenvalue weighted by atomic mass is 19.1. The number of aliphatic hydroxyl groups is 1. The van der Waals surface area contributed by atoms with Crippen molar-refractivity contribution in [3.05, 3.63) is 29.6 Å². The lowest BCUT2D eigenvalue weighted by Crippen LogP contribution is -2.37. The standard InChI is InChI=1S/C11H12FNO3/c1-16-10(15)11(12)5-4-8(14)9-7(11)3-2-6-13-9/h2-3,6,8,14H,4-5H2,1H3/t8-,11-/m1/s1. The minimum Gasteiger partial charge on any atom is -0.466 e. The summed E-state index contributed by atoms with van der Waals surface area (Å²) in [5.41, 5.74) is -1.85. The van der Waals surface area contributed by atoms with Crippen LogP contribution >= 0.6 is 0 Å². The van der Waals surface area contributed by atoms with Crippen LogP contribution in [0.4, 0.5) is 4.39 Å². The van der Waals surface area contributed by atoms with Crippen LogP contribution in [-0.2, 0) is 15.2 Å². The monoisotopic (exact) mass is 225 g/mol. The molecule has 0 fully saturated rings. The topological polar surface area (TPSA) is 59.4 Å². The number of hydrogen-bond donors (Lipinski definition) is 1. The summed E-state index contributed by atoms with van der Waals surface area (Å²) in [7, 11) is 1.14. The Balaban J connectivity index is 2.53. The van der Waals surface area contributed by atoms with Crippen LogP contribution in [0.25, 0.3) is 0 Å². The molecule has 2 atom stereocenters. The fourth-order valence-corrected chi connectivity index (χ4v) is 2.00. The SMILES string of the molecule is COC(=O)[C@@]1(F)CC[C@@H](O)c2ncccc21. The molecule has 1 aliphatic carbocycles. The van der Waals surface area contributed by atoms with Crippen molar-refractivity contribution in [2.45, 2.75) is 24.6 Å². The molecule has 1 heterocycles. The number of pyridine rings is 1. The van der Waals surface area contributed by atoms with Gasteiger partial charge in [0.1, 0.15) is 0 Å². The molecule has 0 radical (unpaired) electrons. The first-order chi connectivity index (χ1) is 7.59. The Bertz CT molecular complexity index is 423. The molecule has 4 nitrogen and oxygen atoms in total. The maximum atomic E-state index is 14.5. The number of halogens is 1. The number of rotatable bonds is 1. The zero-order valence-electron chi connectivity index (χ0n) is 8.81. The van der Waals surface area contributed by atoms with E-state index in [0.29, 0.717) is 0 Å². The van der Waals surface area contributed by atoms with E-state index in [0.717, 1.165) is 7.11 Å². The maximum Gasteiger partial charge on any atom is 0.348 e. The Morgan fingerprint density at radius 1 is 1.75 bits per heavy atom. The Labute approximate surface area is 92.1 Å². The number of aromatic nitrogens is 1. The number of alkyl halides is 1.